The van der Waals surface area contributed by atoms with Gasteiger partial charge in [-0.25, -0.2) is 9.48 Å². The lowest BCUT2D eigenvalue weighted by Gasteiger charge is -2.21. The van der Waals surface area contributed by atoms with E-state index in [4.69, 9.17) is 26.8 Å². The molecule has 4 rings (SSSR count). The van der Waals surface area contributed by atoms with E-state index in [1.807, 2.05) is 0 Å². The minimum Gasteiger partial charge on any atom is -0.480 e. The van der Waals surface area contributed by atoms with Crippen molar-refractivity contribution in [3.63, 3.8) is 0 Å². The average molecular weight is 617 g/mol. The number of nitrogens with two attached hydrogens (primary N) is 1. The molecule has 0 saturated carbocycles. The van der Waals surface area contributed by atoms with Gasteiger partial charge in [-0.15, -0.1) is 5.10 Å². The maximum Gasteiger partial charge on any atom is 0.338 e. The first-order chi connectivity index (χ1) is 20.8. The van der Waals surface area contributed by atoms with Crippen molar-refractivity contribution in [2.75, 3.05) is 18.2 Å². The van der Waals surface area contributed by atoms with Crippen LogP contribution in [-0.4, -0.2) is 40.2 Å². The predicted octanol–water partition coefficient (Wildman–Crippen LogP) is 5.73. The zero-order valence-electron chi connectivity index (χ0n) is 25.0. The van der Waals surface area contributed by atoms with Gasteiger partial charge in [0.25, 0.3) is 5.56 Å². The molecule has 0 bridgehead atoms. The Kier molecular flexibility index (Phi) is 9.54. The molecule has 228 valence electrons. The maximum absolute atomic E-state index is 13.8. The van der Waals surface area contributed by atoms with Crippen molar-refractivity contribution in [2.45, 2.75) is 45.8 Å². The van der Waals surface area contributed by atoms with Crippen LogP contribution in [0, 0.1) is 0 Å². The Bertz CT molecular complexity index is 1760. The molecule has 10 nitrogen and oxygen atoms in total. The fraction of sp³-hybridized carbons (Fsp3) is 0.242. The molecule has 0 aliphatic carbocycles. The Morgan fingerprint density at radius 1 is 0.977 bits per heavy atom. The van der Waals surface area contributed by atoms with Crippen LogP contribution in [0.5, 0.6) is 5.88 Å². The Morgan fingerprint density at radius 3 is 2.23 bits per heavy atom. The summed E-state index contributed by atoms with van der Waals surface area (Å²) < 4.78 is 12.0. The number of carbonyl (C=O) groups is 3. The van der Waals surface area contributed by atoms with Gasteiger partial charge in [-0.3, -0.25) is 14.4 Å². The number of ketones is 1. The van der Waals surface area contributed by atoms with E-state index >= 15 is 0 Å². The summed E-state index contributed by atoms with van der Waals surface area (Å²) in [6, 6.07) is 18.0. The number of esters is 1. The molecule has 0 saturated heterocycles. The van der Waals surface area contributed by atoms with Crippen molar-refractivity contribution in [3.8, 4) is 17.0 Å². The molecule has 3 N–H and O–H groups in total. The molecule has 3 aromatic carbocycles. The SMILES string of the molecule is COc1nn(C(Cc2ccc(N)cc2)C(=O)Nc2ccc(C(=O)OC(C)(C)C)cc2)c(=O)cc1-c1cc(Cl)ccc1C(C)=O. The largest absolute Gasteiger partial charge is 0.480 e. The first-order valence-electron chi connectivity index (χ1n) is 13.7. The van der Waals surface area contributed by atoms with Gasteiger partial charge in [0.2, 0.25) is 11.8 Å². The van der Waals surface area contributed by atoms with Crippen molar-refractivity contribution in [2.24, 2.45) is 0 Å². The highest BCUT2D eigenvalue weighted by Gasteiger charge is 2.27. The Morgan fingerprint density at radius 2 is 1.64 bits per heavy atom. The smallest absolute Gasteiger partial charge is 0.338 e. The van der Waals surface area contributed by atoms with E-state index in [2.05, 4.69) is 10.4 Å². The number of hydrogen-bond donors (Lipinski definition) is 2. The Balaban J connectivity index is 1.73. The summed E-state index contributed by atoms with van der Waals surface area (Å²) in [6.45, 7) is 6.72. The number of amides is 1. The number of carbonyl (C=O) groups excluding carboxylic acids is 3. The second-order valence-electron chi connectivity index (χ2n) is 11.1. The fourth-order valence-electron chi connectivity index (χ4n) is 4.49. The van der Waals surface area contributed by atoms with Crippen LogP contribution in [0.2, 0.25) is 5.02 Å². The fourth-order valence-corrected chi connectivity index (χ4v) is 4.66. The van der Waals surface area contributed by atoms with Crippen LogP contribution in [0.25, 0.3) is 11.1 Å². The highest BCUT2D eigenvalue weighted by atomic mass is 35.5. The topological polar surface area (TPSA) is 143 Å². The van der Waals surface area contributed by atoms with Gasteiger partial charge < -0.3 is 20.5 Å². The third kappa shape index (κ3) is 7.70. The van der Waals surface area contributed by atoms with Crippen LogP contribution in [0.4, 0.5) is 11.4 Å². The second-order valence-corrected chi connectivity index (χ2v) is 11.6. The number of nitrogens with one attached hydrogen (secondary N) is 1. The van der Waals surface area contributed by atoms with Crippen molar-refractivity contribution in [3.05, 3.63) is 105 Å². The van der Waals surface area contributed by atoms with Crippen molar-refractivity contribution < 1.29 is 23.9 Å². The molecule has 4 aromatic rings. The zero-order valence-corrected chi connectivity index (χ0v) is 25.8. The van der Waals surface area contributed by atoms with E-state index in [9.17, 15) is 19.2 Å². The predicted molar refractivity (Wildman–Crippen MR) is 169 cm³/mol. The molecule has 0 spiro atoms. The third-order valence-corrected chi connectivity index (χ3v) is 6.80. The minimum atomic E-state index is -1.12. The number of Topliss-reactive ketones (excluding diaryl/α,β-unsaturated/α-hetero) is 1. The van der Waals surface area contributed by atoms with E-state index in [0.29, 0.717) is 33.1 Å². The number of methoxy groups -OCH3 is 1. The number of rotatable bonds is 9. The summed E-state index contributed by atoms with van der Waals surface area (Å²) in [4.78, 5) is 52.1. The van der Waals surface area contributed by atoms with E-state index in [0.717, 1.165) is 10.2 Å². The van der Waals surface area contributed by atoms with Crippen LogP contribution in [0.3, 0.4) is 0 Å². The number of hydrogen-bond acceptors (Lipinski definition) is 8. The molecule has 1 amide bonds. The number of ether oxygens (including phenoxy) is 2. The molecule has 0 aliphatic heterocycles. The minimum absolute atomic E-state index is 0.0196. The summed E-state index contributed by atoms with van der Waals surface area (Å²) in [6.07, 6.45) is 0.0906. The van der Waals surface area contributed by atoms with Crippen LogP contribution in [-0.2, 0) is 16.0 Å². The van der Waals surface area contributed by atoms with E-state index in [1.54, 1.807) is 87.5 Å². The molecule has 1 heterocycles. The number of nitrogens with zero attached hydrogens (tertiary/aromatic N) is 2. The first-order valence-corrected chi connectivity index (χ1v) is 14.1. The number of aromatic nitrogens is 2. The van der Waals surface area contributed by atoms with Crippen molar-refractivity contribution in [1.82, 2.24) is 9.78 Å². The van der Waals surface area contributed by atoms with Gasteiger partial charge in [0, 0.05) is 34.4 Å². The van der Waals surface area contributed by atoms with Gasteiger partial charge in [0.1, 0.15) is 11.6 Å². The van der Waals surface area contributed by atoms with Gasteiger partial charge in [-0.2, -0.15) is 0 Å². The standard InChI is InChI=1S/C33H33ClN4O6/c1-19(39)25-15-10-22(34)17-26(25)27-18-29(40)38(37-31(27)43-5)28(16-20-6-11-23(35)12-7-20)30(41)36-24-13-8-21(9-14-24)32(42)44-33(2,3)4/h6-15,17-18,28H,16,35H2,1-5H3,(H,36,41). The quantitative estimate of drug-likeness (QED) is 0.138. The summed E-state index contributed by atoms with van der Waals surface area (Å²) in [5.74, 6) is -1.25. The van der Waals surface area contributed by atoms with Gasteiger partial charge in [-0.1, -0.05) is 23.7 Å². The molecule has 0 fully saturated rings. The maximum atomic E-state index is 13.8. The van der Waals surface area contributed by atoms with Crippen molar-refractivity contribution in [1.29, 1.82) is 0 Å². The lowest BCUT2D eigenvalue weighted by atomic mass is 9.98. The van der Waals surface area contributed by atoms with E-state index in [1.165, 1.54) is 20.1 Å². The summed E-state index contributed by atoms with van der Waals surface area (Å²) in [7, 11) is 1.37. The zero-order chi connectivity index (χ0) is 32.2. The number of anilines is 2. The Hall–Kier alpha value is -4.96. The monoisotopic (exact) mass is 616 g/mol. The van der Waals surface area contributed by atoms with E-state index < -0.39 is 29.1 Å². The highest BCUT2D eigenvalue weighted by molar-refractivity contribution is 6.31. The van der Waals surface area contributed by atoms with Crippen LogP contribution in [0.15, 0.2) is 77.6 Å². The first kappa shape index (κ1) is 32.0. The van der Waals surface area contributed by atoms with E-state index in [-0.39, 0.29) is 23.6 Å². The lowest BCUT2D eigenvalue weighted by molar-refractivity contribution is -0.119. The molecular weight excluding hydrogens is 584 g/mol. The van der Waals surface area contributed by atoms with Crippen LogP contribution < -0.4 is 21.3 Å². The molecule has 11 heteroatoms. The molecule has 0 radical (unpaired) electrons. The molecular formula is C33H33ClN4O6. The van der Waals surface area contributed by atoms with Crippen LogP contribution in [0.1, 0.15) is 60.0 Å². The average Bonchev–Trinajstić information content (AvgIpc) is 2.96. The summed E-state index contributed by atoms with van der Waals surface area (Å²) >= 11 is 6.22. The lowest BCUT2D eigenvalue weighted by Crippen LogP contribution is -2.36. The number of benzene rings is 3. The van der Waals surface area contributed by atoms with Crippen molar-refractivity contribution >= 4 is 40.6 Å². The normalized spacial score (nSPS) is 11.9. The van der Waals surface area contributed by atoms with Gasteiger partial charge in [-0.05, 0) is 93.4 Å². The summed E-state index contributed by atoms with van der Waals surface area (Å²) in [5, 5.41) is 7.59. The molecule has 1 atom stereocenters. The Labute approximate surface area is 259 Å². The molecule has 1 unspecified atom stereocenters. The van der Waals surface area contributed by atoms with Gasteiger partial charge in [0.05, 0.1) is 18.2 Å². The van der Waals surface area contributed by atoms with Gasteiger partial charge >= 0.3 is 5.97 Å². The second kappa shape index (κ2) is 13.1. The number of nitrogen functional groups attached to an aromatic ring is 1. The molecule has 1 aromatic heterocycles. The molecule has 0 aliphatic rings. The number of halogens is 1. The summed E-state index contributed by atoms with van der Waals surface area (Å²) in [5.41, 5.74) is 7.54. The van der Waals surface area contributed by atoms with Gasteiger partial charge in [0.15, 0.2) is 5.78 Å². The third-order valence-electron chi connectivity index (χ3n) is 6.56. The molecule has 44 heavy (non-hydrogen) atoms. The van der Waals surface area contributed by atoms with Crippen LogP contribution >= 0.6 is 11.6 Å². The highest BCUT2D eigenvalue weighted by Crippen LogP contribution is 2.33.